The van der Waals surface area contributed by atoms with Gasteiger partial charge in [-0.1, -0.05) is 89.5 Å². The molecule has 0 rings (SSSR count). The quantitative estimate of drug-likeness (QED) is 0.155. The van der Waals surface area contributed by atoms with E-state index in [0.717, 1.165) is 25.9 Å². The Balaban J connectivity index is 0. The molecule has 30 heavy (non-hydrogen) atoms. The third-order valence-electron chi connectivity index (χ3n) is 5.29. The van der Waals surface area contributed by atoms with Crippen LogP contribution in [0, 0.1) is 0 Å². The Morgan fingerprint density at radius 1 is 0.633 bits per heavy atom. The van der Waals surface area contributed by atoms with Crippen LogP contribution in [-0.4, -0.2) is 30.5 Å². The Bertz CT molecular complexity index is 380. The van der Waals surface area contributed by atoms with Crippen molar-refractivity contribution in [2.75, 3.05) is 19.6 Å². The Morgan fingerprint density at radius 2 is 1.00 bits per heavy atom. The van der Waals surface area contributed by atoms with Gasteiger partial charge in [-0.2, -0.15) is 0 Å². The summed E-state index contributed by atoms with van der Waals surface area (Å²) in [6, 6.07) is 0. The number of carboxylic acid groups (broad SMARTS) is 1. The van der Waals surface area contributed by atoms with E-state index in [2.05, 4.69) is 43.1 Å². The molecule has 0 aliphatic carbocycles. The molecule has 0 amide bonds. The average Bonchev–Trinajstić information content (AvgIpc) is 2.70. The summed E-state index contributed by atoms with van der Waals surface area (Å²) in [5.41, 5.74) is 0. The number of carbonyl (C=O) groups excluding carboxylic acids is 1. The summed E-state index contributed by atoms with van der Waals surface area (Å²) in [4.78, 5) is 13.1. The predicted molar refractivity (Wildman–Crippen MR) is 125 cm³/mol. The molecule has 0 bridgehead atoms. The minimum Gasteiger partial charge on any atom is -0.549 e. The Hall–Kier alpha value is -0.493. The van der Waals surface area contributed by atoms with E-state index in [1.54, 1.807) is 0 Å². The minimum atomic E-state index is -0.942. The van der Waals surface area contributed by atoms with Crippen molar-refractivity contribution >= 4 is 5.97 Å². The number of hydrogen-bond donors (Lipinski definition) is 0. The summed E-state index contributed by atoms with van der Waals surface area (Å²) in [5.74, 6) is -0.942. The fraction of sp³-hybridized carbons (Fsp3) is 0.808. The van der Waals surface area contributed by atoms with Crippen molar-refractivity contribution in [3.05, 3.63) is 24.3 Å². The molecule has 0 fully saturated rings. The molecule has 0 aromatic heterocycles. The molecular weight excluding hydrogens is 365 g/mol. The minimum absolute atomic E-state index is 0. The first kappa shape index (κ1) is 31.7. The van der Waals surface area contributed by atoms with Gasteiger partial charge in [-0.3, -0.25) is 4.90 Å². The van der Waals surface area contributed by atoms with Crippen LogP contribution >= 0.6 is 0 Å². The first-order chi connectivity index (χ1) is 14.2. The number of unbranched alkanes of at least 4 members (excludes halogenated alkanes) is 12. The third kappa shape index (κ3) is 25.5. The van der Waals surface area contributed by atoms with Crippen molar-refractivity contribution in [3.63, 3.8) is 0 Å². The Kier molecular flexibility index (Phi) is 28.0. The van der Waals surface area contributed by atoms with Crippen molar-refractivity contribution < 1.29 is 28.8 Å². The van der Waals surface area contributed by atoms with Gasteiger partial charge in [-0.25, -0.2) is 0 Å². The van der Waals surface area contributed by atoms with Crippen LogP contribution < -0.4 is 24.0 Å². The van der Waals surface area contributed by atoms with Gasteiger partial charge in [-0.15, -0.1) is 0 Å². The van der Waals surface area contributed by atoms with E-state index in [9.17, 15) is 9.90 Å². The molecule has 0 heterocycles. The second-order valence-electron chi connectivity index (χ2n) is 8.28. The maximum absolute atomic E-state index is 11.0. The average molecular weight is 414 g/mol. The number of aliphatic carboxylic acids is 1. The third-order valence-corrected chi connectivity index (χ3v) is 5.29. The molecule has 0 unspecified atom stereocenters. The van der Waals surface area contributed by atoms with E-state index in [4.69, 9.17) is 0 Å². The van der Waals surface area contributed by atoms with E-state index in [-0.39, 0.29) is 25.4 Å². The Labute approximate surface area is 199 Å². The van der Waals surface area contributed by atoms with E-state index in [0.29, 0.717) is 0 Å². The monoisotopic (exact) mass is 413 g/mol. The number of carboxylic acids is 1. The van der Waals surface area contributed by atoms with Gasteiger partial charge in [0.1, 0.15) is 0 Å². The molecule has 0 aromatic rings. The molecule has 0 radical (unpaired) electrons. The van der Waals surface area contributed by atoms with Crippen molar-refractivity contribution in [3.8, 4) is 0 Å². The van der Waals surface area contributed by atoms with Crippen molar-refractivity contribution in [2.24, 2.45) is 0 Å². The smallest absolute Gasteiger partial charge is 0.549 e. The van der Waals surface area contributed by atoms with Gasteiger partial charge in [0, 0.05) is 6.54 Å². The molecule has 0 aromatic carbocycles. The van der Waals surface area contributed by atoms with Gasteiger partial charge in [0.15, 0.2) is 0 Å². The topological polar surface area (TPSA) is 43.4 Å². The number of hydrogen-bond acceptors (Lipinski definition) is 3. The standard InChI is InChI=1S/C26H49NO2.Li/c1-3-5-7-9-11-13-15-17-19-21-23-27(25-26(28)29)24-22-20-18-16-14-12-10-8-6-4-2;/h7-10H,3-6,11-25H2,1-2H3,(H,28,29);/q;+1/p-1/b9-7+,10-8+;. The van der Waals surface area contributed by atoms with Crippen molar-refractivity contribution in [2.45, 2.75) is 117 Å². The summed E-state index contributed by atoms with van der Waals surface area (Å²) in [6.07, 6.45) is 28.7. The molecule has 4 heteroatoms. The zero-order valence-electron chi connectivity index (χ0n) is 20.5. The molecule has 0 spiro atoms. The van der Waals surface area contributed by atoms with Gasteiger partial charge in [0.05, 0.1) is 5.97 Å². The van der Waals surface area contributed by atoms with Crippen LogP contribution in [0.3, 0.4) is 0 Å². The Morgan fingerprint density at radius 3 is 1.40 bits per heavy atom. The second kappa shape index (κ2) is 26.5. The van der Waals surface area contributed by atoms with Gasteiger partial charge < -0.3 is 9.90 Å². The van der Waals surface area contributed by atoms with Gasteiger partial charge in [-0.05, 0) is 64.5 Å². The van der Waals surface area contributed by atoms with Crippen molar-refractivity contribution in [1.29, 1.82) is 0 Å². The number of nitrogens with zero attached hydrogens (tertiary/aromatic N) is 1. The summed E-state index contributed by atoms with van der Waals surface area (Å²) in [7, 11) is 0. The summed E-state index contributed by atoms with van der Waals surface area (Å²) >= 11 is 0. The molecule has 3 nitrogen and oxygen atoms in total. The summed E-state index contributed by atoms with van der Waals surface area (Å²) in [5, 5.41) is 11.0. The summed E-state index contributed by atoms with van der Waals surface area (Å²) in [6.45, 7) is 6.30. The first-order valence-electron chi connectivity index (χ1n) is 12.4. The van der Waals surface area contributed by atoms with Crippen LogP contribution in [0.5, 0.6) is 0 Å². The fourth-order valence-corrected chi connectivity index (χ4v) is 3.51. The number of rotatable bonds is 22. The molecule has 0 saturated carbocycles. The summed E-state index contributed by atoms with van der Waals surface area (Å²) < 4.78 is 0. The van der Waals surface area contributed by atoms with Gasteiger partial charge in [0.2, 0.25) is 0 Å². The molecule has 170 valence electrons. The van der Waals surface area contributed by atoms with Crippen molar-refractivity contribution in [1.82, 2.24) is 4.90 Å². The second-order valence-corrected chi connectivity index (χ2v) is 8.28. The van der Waals surface area contributed by atoms with Crippen LogP contribution in [0.15, 0.2) is 24.3 Å². The predicted octanol–water partition coefficient (Wildman–Crippen LogP) is 3.44. The van der Waals surface area contributed by atoms with Crippen LogP contribution in [0.2, 0.25) is 0 Å². The molecule has 0 saturated heterocycles. The van der Waals surface area contributed by atoms with E-state index >= 15 is 0 Å². The molecular formula is C26H48LiNO2. The van der Waals surface area contributed by atoms with E-state index in [1.807, 2.05) is 0 Å². The molecule has 0 aliphatic rings. The normalized spacial score (nSPS) is 11.6. The van der Waals surface area contributed by atoms with Crippen LogP contribution in [0.25, 0.3) is 0 Å². The number of carbonyl (C=O) groups is 1. The molecule has 0 N–H and O–H groups in total. The largest absolute Gasteiger partial charge is 1.00 e. The SMILES string of the molecule is CCC/C=C/CCCCCCCN(CCCCCCC/C=C/CCC)CC(=O)[O-].[Li+]. The fourth-order valence-electron chi connectivity index (χ4n) is 3.51. The zero-order valence-corrected chi connectivity index (χ0v) is 20.5. The maximum atomic E-state index is 11.0. The number of allylic oxidation sites excluding steroid dienone is 4. The molecule has 0 aliphatic heterocycles. The van der Waals surface area contributed by atoms with Crippen LogP contribution in [0.1, 0.15) is 117 Å². The first-order valence-corrected chi connectivity index (χ1v) is 12.4. The maximum Gasteiger partial charge on any atom is 1.00 e. The zero-order chi connectivity index (χ0) is 21.4. The van der Waals surface area contributed by atoms with Gasteiger partial charge in [0.25, 0.3) is 0 Å². The van der Waals surface area contributed by atoms with E-state index < -0.39 is 5.97 Å². The van der Waals surface area contributed by atoms with Crippen LogP contribution in [0.4, 0.5) is 0 Å². The van der Waals surface area contributed by atoms with E-state index in [1.165, 1.54) is 89.9 Å². The molecule has 0 atom stereocenters. The van der Waals surface area contributed by atoms with Gasteiger partial charge >= 0.3 is 18.9 Å². The van der Waals surface area contributed by atoms with Crippen LogP contribution in [-0.2, 0) is 4.79 Å².